The lowest BCUT2D eigenvalue weighted by molar-refractivity contribution is -0.384. The summed E-state index contributed by atoms with van der Waals surface area (Å²) in [5.41, 5.74) is 5.07. The summed E-state index contributed by atoms with van der Waals surface area (Å²) in [4.78, 5) is 22.7. The van der Waals surface area contributed by atoms with Crippen molar-refractivity contribution in [1.29, 1.82) is 0 Å². The van der Waals surface area contributed by atoms with Gasteiger partial charge in [0.1, 0.15) is 11.5 Å². The van der Waals surface area contributed by atoms with Crippen LogP contribution >= 0.6 is 0 Å². The van der Waals surface area contributed by atoms with E-state index >= 15 is 0 Å². The third-order valence-electron chi connectivity index (χ3n) is 3.20. The number of nitrogens with zero attached hydrogens (tertiary/aromatic N) is 1. The summed E-state index contributed by atoms with van der Waals surface area (Å²) in [5.74, 6) is -0.952. The summed E-state index contributed by atoms with van der Waals surface area (Å²) in [5, 5.41) is 13.5. The molecule has 2 aromatic carbocycles. The molecule has 1 aliphatic rings. The number of rotatable bonds is 3. The number of carbonyl (C=O) groups is 1. The molecular weight excluding hydrogens is 309 g/mol. The molecule has 0 aromatic heterocycles. The molecule has 1 heterocycles. The zero-order chi connectivity index (χ0) is 16.6. The molecule has 3 N–H and O–H groups in total. The van der Waals surface area contributed by atoms with Crippen molar-refractivity contribution in [3.63, 3.8) is 0 Å². The molecule has 0 unspecified atom stereocenters. The molecule has 1 amide bonds. The molecule has 0 aliphatic carbocycles. The van der Waals surface area contributed by atoms with E-state index in [-0.39, 0.29) is 40.9 Å². The van der Waals surface area contributed by atoms with Gasteiger partial charge in [0.25, 0.3) is 11.6 Å². The number of anilines is 2. The van der Waals surface area contributed by atoms with Gasteiger partial charge in [0.15, 0.2) is 11.5 Å². The van der Waals surface area contributed by atoms with E-state index in [9.17, 15) is 19.3 Å². The third kappa shape index (κ3) is 2.71. The van der Waals surface area contributed by atoms with E-state index in [0.717, 1.165) is 18.2 Å². The number of hydrogen-bond acceptors (Lipinski definition) is 6. The number of nitrogens with two attached hydrogens (primary N) is 1. The van der Waals surface area contributed by atoms with Crippen LogP contribution in [0.15, 0.2) is 30.3 Å². The van der Waals surface area contributed by atoms with E-state index in [4.69, 9.17) is 15.2 Å². The Balaban J connectivity index is 1.97. The predicted molar refractivity (Wildman–Crippen MR) is 78.0 cm³/mol. The highest BCUT2D eigenvalue weighted by molar-refractivity contribution is 6.08. The summed E-state index contributed by atoms with van der Waals surface area (Å²) < 4.78 is 23.4. The van der Waals surface area contributed by atoms with Crippen molar-refractivity contribution in [2.75, 3.05) is 17.8 Å². The predicted octanol–water partition coefficient (Wildman–Crippen LogP) is 2.30. The van der Waals surface area contributed by atoms with Gasteiger partial charge < -0.3 is 20.5 Å². The third-order valence-corrected chi connectivity index (χ3v) is 3.20. The topological polar surface area (TPSA) is 117 Å². The number of fused-ring (bicyclic) bond motifs is 1. The van der Waals surface area contributed by atoms with Gasteiger partial charge in [0.2, 0.25) is 6.79 Å². The van der Waals surface area contributed by atoms with Gasteiger partial charge >= 0.3 is 0 Å². The van der Waals surface area contributed by atoms with Crippen LogP contribution in [0.5, 0.6) is 11.5 Å². The number of nitro benzene ring substituents is 1. The molecule has 118 valence electrons. The molecule has 0 radical (unpaired) electrons. The van der Waals surface area contributed by atoms with Gasteiger partial charge in [0.05, 0.1) is 16.6 Å². The van der Waals surface area contributed by atoms with Crippen molar-refractivity contribution < 1.29 is 23.6 Å². The van der Waals surface area contributed by atoms with Crippen LogP contribution in [0.3, 0.4) is 0 Å². The Bertz CT molecular complexity index is 824. The molecule has 2 aromatic rings. The highest BCUT2D eigenvalue weighted by Gasteiger charge is 2.25. The number of carbonyl (C=O) groups excluding carboxylic acids is 1. The van der Waals surface area contributed by atoms with Crippen molar-refractivity contribution >= 4 is 23.0 Å². The van der Waals surface area contributed by atoms with Crippen LogP contribution in [-0.4, -0.2) is 17.6 Å². The van der Waals surface area contributed by atoms with Crippen LogP contribution in [0.4, 0.5) is 21.5 Å². The summed E-state index contributed by atoms with van der Waals surface area (Å²) in [6.45, 7) is -0.0687. The molecular formula is C14H10FN3O5. The van der Waals surface area contributed by atoms with Crippen molar-refractivity contribution in [3.05, 3.63) is 51.8 Å². The molecule has 0 atom stereocenters. The number of ether oxygens (including phenoxy) is 2. The molecule has 3 rings (SSSR count). The first-order valence-electron chi connectivity index (χ1n) is 6.40. The number of nitro groups is 1. The van der Waals surface area contributed by atoms with Crippen LogP contribution in [0.1, 0.15) is 10.4 Å². The fraction of sp³-hybridized carbons (Fsp3) is 0.0714. The Hall–Kier alpha value is -3.36. The molecule has 0 saturated carbocycles. The number of nitrogen functional groups attached to an aromatic ring is 1. The molecule has 9 heteroatoms. The van der Waals surface area contributed by atoms with Gasteiger partial charge in [-0.15, -0.1) is 0 Å². The van der Waals surface area contributed by atoms with Gasteiger partial charge in [-0.05, 0) is 18.2 Å². The highest BCUT2D eigenvalue weighted by Crippen LogP contribution is 2.40. The molecule has 0 spiro atoms. The average Bonchev–Trinajstić information content (AvgIpc) is 2.95. The number of amides is 1. The summed E-state index contributed by atoms with van der Waals surface area (Å²) in [6.07, 6.45) is 0. The van der Waals surface area contributed by atoms with Gasteiger partial charge in [0, 0.05) is 11.8 Å². The van der Waals surface area contributed by atoms with E-state index in [1.54, 1.807) is 0 Å². The van der Waals surface area contributed by atoms with Crippen LogP contribution in [-0.2, 0) is 0 Å². The smallest absolute Gasteiger partial charge is 0.296 e. The minimum atomic E-state index is -0.774. The Morgan fingerprint density at radius 2 is 1.96 bits per heavy atom. The van der Waals surface area contributed by atoms with E-state index in [0.29, 0.717) is 0 Å². The van der Waals surface area contributed by atoms with Crippen molar-refractivity contribution in [2.24, 2.45) is 0 Å². The Morgan fingerprint density at radius 1 is 1.26 bits per heavy atom. The quantitative estimate of drug-likeness (QED) is 0.509. The monoisotopic (exact) mass is 319 g/mol. The lowest BCUT2D eigenvalue weighted by Crippen LogP contribution is -2.15. The molecule has 8 nitrogen and oxygen atoms in total. The lowest BCUT2D eigenvalue weighted by Gasteiger charge is -2.09. The minimum absolute atomic E-state index is 0.0484. The summed E-state index contributed by atoms with van der Waals surface area (Å²) in [7, 11) is 0. The second kappa shape index (κ2) is 5.44. The maximum atomic E-state index is 13.3. The number of halogens is 1. The van der Waals surface area contributed by atoms with E-state index in [2.05, 4.69) is 5.32 Å². The first-order valence-corrected chi connectivity index (χ1v) is 6.40. The van der Waals surface area contributed by atoms with Gasteiger partial charge in [-0.2, -0.15) is 0 Å². The second-order valence-electron chi connectivity index (χ2n) is 4.67. The molecule has 0 saturated heterocycles. The van der Waals surface area contributed by atoms with Crippen molar-refractivity contribution in [3.8, 4) is 11.5 Å². The number of hydrogen-bond donors (Lipinski definition) is 2. The SMILES string of the molecule is Nc1ccc(F)cc1C(=O)Nc1cc2c(cc1[N+](=O)[O-])OCO2. The Labute approximate surface area is 128 Å². The minimum Gasteiger partial charge on any atom is -0.454 e. The molecule has 23 heavy (non-hydrogen) atoms. The van der Waals surface area contributed by atoms with Crippen molar-refractivity contribution in [1.82, 2.24) is 0 Å². The maximum Gasteiger partial charge on any atom is 0.296 e. The molecule has 0 bridgehead atoms. The lowest BCUT2D eigenvalue weighted by atomic mass is 10.1. The van der Waals surface area contributed by atoms with Crippen LogP contribution in [0.2, 0.25) is 0 Å². The van der Waals surface area contributed by atoms with Crippen LogP contribution < -0.4 is 20.5 Å². The highest BCUT2D eigenvalue weighted by atomic mass is 19.1. The van der Waals surface area contributed by atoms with E-state index in [1.165, 1.54) is 12.1 Å². The standard InChI is InChI=1S/C14H10FN3O5/c15-7-1-2-9(16)8(3-7)14(19)17-10-4-12-13(23-6-22-12)5-11(10)18(20)21/h1-5H,6,16H2,(H,17,19). The molecule has 1 aliphatic heterocycles. The second-order valence-corrected chi connectivity index (χ2v) is 4.67. The fourth-order valence-electron chi connectivity index (χ4n) is 2.10. The Kier molecular flexibility index (Phi) is 3.45. The first kappa shape index (κ1) is 14.6. The van der Waals surface area contributed by atoms with Crippen LogP contribution in [0, 0.1) is 15.9 Å². The zero-order valence-electron chi connectivity index (χ0n) is 11.5. The van der Waals surface area contributed by atoms with Crippen molar-refractivity contribution in [2.45, 2.75) is 0 Å². The van der Waals surface area contributed by atoms with E-state index in [1.807, 2.05) is 0 Å². The number of nitrogens with one attached hydrogen (secondary N) is 1. The fourth-order valence-corrected chi connectivity index (χ4v) is 2.10. The normalized spacial score (nSPS) is 12.0. The Morgan fingerprint density at radius 3 is 2.65 bits per heavy atom. The van der Waals surface area contributed by atoms with Gasteiger partial charge in [-0.1, -0.05) is 0 Å². The van der Waals surface area contributed by atoms with Gasteiger partial charge in [-0.25, -0.2) is 4.39 Å². The van der Waals surface area contributed by atoms with Crippen LogP contribution in [0.25, 0.3) is 0 Å². The van der Waals surface area contributed by atoms with E-state index < -0.39 is 16.6 Å². The summed E-state index contributed by atoms with van der Waals surface area (Å²) >= 11 is 0. The molecule has 0 fully saturated rings. The average molecular weight is 319 g/mol. The first-order chi connectivity index (χ1) is 11.0. The zero-order valence-corrected chi connectivity index (χ0v) is 11.5. The largest absolute Gasteiger partial charge is 0.454 e. The number of benzene rings is 2. The van der Waals surface area contributed by atoms with Gasteiger partial charge in [-0.3, -0.25) is 14.9 Å². The maximum absolute atomic E-state index is 13.3. The summed E-state index contributed by atoms with van der Waals surface area (Å²) in [6, 6.07) is 5.71.